The zero-order valence-corrected chi connectivity index (χ0v) is 12.3. The summed E-state index contributed by atoms with van der Waals surface area (Å²) >= 11 is 0. The molecule has 0 radical (unpaired) electrons. The van der Waals surface area contributed by atoms with Crippen LogP contribution < -0.4 is 10.5 Å². The third-order valence-corrected chi connectivity index (χ3v) is 3.79. The first-order valence-electron chi connectivity index (χ1n) is 6.13. The van der Waals surface area contributed by atoms with Gasteiger partial charge in [0.2, 0.25) is 15.9 Å². The van der Waals surface area contributed by atoms with Gasteiger partial charge in [-0.2, -0.15) is 0 Å². The lowest BCUT2D eigenvalue weighted by Gasteiger charge is -2.09. The van der Waals surface area contributed by atoms with Gasteiger partial charge in [-0.1, -0.05) is 13.8 Å². The molecule has 0 saturated carbocycles. The van der Waals surface area contributed by atoms with Crippen LogP contribution in [-0.2, 0) is 14.8 Å². The number of hydrogen-bond donors (Lipinski definition) is 2. The molecule has 6 heteroatoms. The number of nitrogens with one attached hydrogen (secondary N) is 1. The Hall–Kier alpha value is -1.40. The highest BCUT2D eigenvalue weighted by Gasteiger charge is 2.12. The molecule has 0 unspecified atom stereocenters. The van der Waals surface area contributed by atoms with Gasteiger partial charge >= 0.3 is 0 Å². The third-order valence-electron chi connectivity index (χ3n) is 2.71. The first-order chi connectivity index (χ1) is 8.70. The molecular formula is C13H20N2O3S. The summed E-state index contributed by atoms with van der Waals surface area (Å²) in [6.07, 6.45) is 1.27. The largest absolute Gasteiger partial charge is 0.326 e. The lowest BCUT2D eigenvalue weighted by Crippen LogP contribution is -2.15. The van der Waals surface area contributed by atoms with E-state index in [0.717, 1.165) is 6.42 Å². The molecule has 0 saturated heterocycles. The Balaban J connectivity index is 2.77. The zero-order chi connectivity index (χ0) is 14.6. The SMILES string of the molecule is Cc1cc(NC(=O)CCC(C)C)ccc1S(N)(=O)=O. The van der Waals surface area contributed by atoms with Crippen molar-refractivity contribution in [1.82, 2.24) is 0 Å². The minimum absolute atomic E-state index is 0.0727. The zero-order valence-electron chi connectivity index (χ0n) is 11.4. The van der Waals surface area contributed by atoms with Gasteiger partial charge in [-0.25, -0.2) is 13.6 Å². The van der Waals surface area contributed by atoms with Crippen LogP contribution in [0.15, 0.2) is 23.1 Å². The van der Waals surface area contributed by atoms with E-state index < -0.39 is 10.0 Å². The maximum atomic E-state index is 11.7. The smallest absolute Gasteiger partial charge is 0.238 e. The number of benzene rings is 1. The fourth-order valence-electron chi connectivity index (χ4n) is 1.69. The summed E-state index contributed by atoms with van der Waals surface area (Å²) in [4.78, 5) is 11.7. The second-order valence-corrected chi connectivity index (χ2v) is 6.54. The van der Waals surface area contributed by atoms with Crippen molar-refractivity contribution in [1.29, 1.82) is 0 Å². The molecule has 0 atom stereocenters. The Labute approximate surface area is 114 Å². The van der Waals surface area contributed by atoms with Crippen LogP contribution in [0.3, 0.4) is 0 Å². The van der Waals surface area contributed by atoms with Crippen LogP contribution in [0.5, 0.6) is 0 Å². The molecule has 0 aliphatic carbocycles. The first kappa shape index (κ1) is 15.7. The summed E-state index contributed by atoms with van der Waals surface area (Å²) in [5.74, 6) is 0.397. The lowest BCUT2D eigenvalue weighted by molar-refractivity contribution is -0.116. The molecule has 0 bridgehead atoms. The van der Waals surface area contributed by atoms with Crippen LogP contribution in [0.25, 0.3) is 0 Å². The molecule has 3 N–H and O–H groups in total. The maximum Gasteiger partial charge on any atom is 0.238 e. The summed E-state index contributed by atoms with van der Waals surface area (Å²) in [6, 6.07) is 4.55. The average Bonchev–Trinajstić information content (AvgIpc) is 2.24. The molecule has 1 rings (SSSR count). The number of carbonyl (C=O) groups is 1. The average molecular weight is 284 g/mol. The Morgan fingerprint density at radius 3 is 2.47 bits per heavy atom. The molecule has 0 aliphatic heterocycles. The van der Waals surface area contributed by atoms with Gasteiger partial charge in [-0.15, -0.1) is 0 Å². The van der Waals surface area contributed by atoms with Gasteiger partial charge in [0.1, 0.15) is 0 Å². The maximum absolute atomic E-state index is 11.7. The highest BCUT2D eigenvalue weighted by Crippen LogP contribution is 2.19. The highest BCUT2D eigenvalue weighted by atomic mass is 32.2. The quantitative estimate of drug-likeness (QED) is 0.866. The number of primary sulfonamides is 1. The normalized spacial score (nSPS) is 11.6. The van der Waals surface area contributed by atoms with Crippen LogP contribution in [0, 0.1) is 12.8 Å². The minimum atomic E-state index is -3.71. The fraction of sp³-hybridized carbons (Fsp3) is 0.462. The molecule has 1 amide bonds. The van der Waals surface area contributed by atoms with Gasteiger partial charge in [-0.3, -0.25) is 4.79 Å². The molecule has 1 aromatic rings. The Morgan fingerprint density at radius 2 is 2.00 bits per heavy atom. The lowest BCUT2D eigenvalue weighted by atomic mass is 10.1. The van der Waals surface area contributed by atoms with E-state index in [-0.39, 0.29) is 10.8 Å². The summed E-state index contributed by atoms with van der Waals surface area (Å²) in [5, 5.41) is 7.82. The van der Waals surface area contributed by atoms with Crippen molar-refractivity contribution in [2.24, 2.45) is 11.1 Å². The van der Waals surface area contributed by atoms with Crippen molar-refractivity contribution in [2.45, 2.75) is 38.5 Å². The Bertz CT molecular complexity index is 565. The van der Waals surface area contributed by atoms with Crippen molar-refractivity contribution >= 4 is 21.6 Å². The number of hydrogen-bond acceptors (Lipinski definition) is 3. The number of rotatable bonds is 5. The van der Waals surface area contributed by atoms with E-state index in [1.54, 1.807) is 19.1 Å². The van der Waals surface area contributed by atoms with Gasteiger partial charge in [0, 0.05) is 12.1 Å². The molecule has 5 nitrogen and oxygen atoms in total. The minimum Gasteiger partial charge on any atom is -0.326 e. The molecule has 19 heavy (non-hydrogen) atoms. The molecular weight excluding hydrogens is 264 g/mol. The molecule has 0 spiro atoms. The predicted octanol–water partition coefficient (Wildman–Crippen LogP) is 2.02. The van der Waals surface area contributed by atoms with Gasteiger partial charge in [-0.05, 0) is 43.0 Å². The number of anilines is 1. The van der Waals surface area contributed by atoms with E-state index in [9.17, 15) is 13.2 Å². The Morgan fingerprint density at radius 1 is 1.37 bits per heavy atom. The monoisotopic (exact) mass is 284 g/mol. The molecule has 1 aromatic carbocycles. The number of nitrogens with two attached hydrogens (primary N) is 1. The third kappa shape index (κ3) is 5.00. The van der Waals surface area contributed by atoms with E-state index in [4.69, 9.17) is 5.14 Å². The van der Waals surface area contributed by atoms with Crippen molar-refractivity contribution in [2.75, 3.05) is 5.32 Å². The number of amides is 1. The van der Waals surface area contributed by atoms with Crippen LogP contribution >= 0.6 is 0 Å². The number of aryl methyl sites for hydroxylation is 1. The van der Waals surface area contributed by atoms with Gasteiger partial charge in [0.05, 0.1) is 4.90 Å². The topological polar surface area (TPSA) is 89.3 Å². The molecule has 106 valence electrons. The number of carbonyl (C=O) groups excluding carboxylic acids is 1. The predicted molar refractivity (Wildman–Crippen MR) is 75.3 cm³/mol. The standard InChI is InChI=1S/C13H20N2O3S/c1-9(2)4-7-13(16)15-11-5-6-12(10(3)8-11)19(14,17)18/h5-6,8-9H,4,7H2,1-3H3,(H,15,16)(H2,14,17,18). The van der Waals surface area contributed by atoms with Crippen molar-refractivity contribution in [3.05, 3.63) is 23.8 Å². The second kappa shape index (κ2) is 6.16. The van der Waals surface area contributed by atoms with E-state index in [2.05, 4.69) is 19.2 Å². The first-order valence-corrected chi connectivity index (χ1v) is 7.68. The Kier molecular flexibility index (Phi) is 5.08. The van der Waals surface area contributed by atoms with Gasteiger partial charge in [0.25, 0.3) is 0 Å². The van der Waals surface area contributed by atoms with Crippen molar-refractivity contribution < 1.29 is 13.2 Å². The van der Waals surface area contributed by atoms with E-state index in [0.29, 0.717) is 23.6 Å². The second-order valence-electron chi connectivity index (χ2n) is 5.01. The van der Waals surface area contributed by atoms with Crippen LogP contribution in [-0.4, -0.2) is 14.3 Å². The van der Waals surface area contributed by atoms with Gasteiger partial charge in [0.15, 0.2) is 0 Å². The summed E-state index contributed by atoms with van der Waals surface area (Å²) < 4.78 is 22.5. The fourth-order valence-corrected chi connectivity index (χ4v) is 2.46. The molecule has 0 heterocycles. The molecule has 0 aliphatic rings. The number of sulfonamides is 1. The van der Waals surface area contributed by atoms with Crippen LogP contribution in [0.4, 0.5) is 5.69 Å². The van der Waals surface area contributed by atoms with Crippen molar-refractivity contribution in [3.8, 4) is 0 Å². The van der Waals surface area contributed by atoms with E-state index in [1.165, 1.54) is 6.07 Å². The van der Waals surface area contributed by atoms with E-state index >= 15 is 0 Å². The van der Waals surface area contributed by atoms with Gasteiger partial charge < -0.3 is 5.32 Å². The summed E-state index contributed by atoms with van der Waals surface area (Å²) in [6.45, 7) is 5.75. The van der Waals surface area contributed by atoms with Crippen LogP contribution in [0.2, 0.25) is 0 Å². The molecule has 0 fully saturated rings. The molecule has 0 aromatic heterocycles. The van der Waals surface area contributed by atoms with Crippen molar-refractivity contribution in [3.63, 3.8) is 0 Å². The summed E-state index contributed by atoms with van der Waals surface area (Å²) in [5.41, 5.74) is 1.10. The van der Waals surface area contributed by atoms with Crippen LogP contribution in [0.1, 0.15) is 32.3 Å². The highest BCUT2D eigenvalue weighted by molar-refractivity contribution is 7.89. The summed E-state index contributed by atoms with van der Waals surface area (Å²) in [7, 11) is -3.71. The van der Waals surface area contributed by atoms with E-state index in [1.807, 2.05) is 0 Å².